The highest BCUT2D eigenvalue weighted by atomic mass is 32.1. The zero-order valence-corrected chi connectivity index (χ0v) is 10.6. The van der Waals surface area contributed by atoms with E-state index >= 15 is 0 Å². The Balaban J connectivity index is 1.99. The van der Waals surface area contributed by atoms with Crippen molar-refractivity contribution in [3.05, 3.63) is 52.3 Å². The predicted molar refractivity (Wildman–Crippen MR) is 70.2 cm³/mol. The number of aromatic nitrogens is 3. The Bertz CT molecular complexity index is 700. The maximum Gasteiger partial charge on any atom is 0.213 e. The fourth-order valence-corrected chi connectivity index (χ4v) is 2.86. The molecule has 0 aliphatic rings. The third kappa shape index (κ3) is 1.82. The number of imidazole rings is 1. The number of aryl methyl sites for hydroxylation is 1. The van der Waals surface area contributed by atoms with Crippen LogP contribution in [0.4, 0.5) is 0 Å². The van der Waals surface area contributed by atoms with E-state index in [9.17, 15) is 4.79 Å². The molecule has 4 nitrogen and oxygen atoms in total. The van der Waals surface area contributed by atoms with Crippen molar-refractivity contribution < 1.29 is 4.79 Å². The molecule has 5 heteroatoms. The van der Waals surface area contributed by atoms with Crippen molar-refractivity contribution in [2.75, 3.05) is 0 Å². The SMILES string of the molecule is Cc1nc2sc(Cc3ccccc3)nn2c1C=O. The van der Waals surface area contributed by atoms with E-state index < -0.39 is 0 Å². The summed E-state index contributed by atoms with van der Waals surface area (Å²) in [5, 5.41) is 5.41. The number of hydrogen-bond acceptors (Lipinski definition) is 4. The van der Waals surface area contributed by atoms with Crippen LogP contribution < -0.4 is 0 Å². The van der Waals surface area contributed by atoms with Crippen LogP contribution >= 0.6 is 11.3 Å². The monoisotopic (exact) mass is 257 g/mol. The van der Waals surface area contributed by atoms with Gasteiger partial charge in [-0.2, -0.15) is 9.61 Å². The standard InChI is InChI=1S/C13H11N3OS/c1-9-11(8-17)16-13(14-9)18-12(15-16)7-10-5-3-2-4-6-10/h2-6,8H,7H2,1H3. The maximum atomic E-state index is 11.0. The Hall–Kier alpha value is -2.01. The number of benzene rings is 1. The second kappa shape index (κ2) is 4.34. The summed E-state index contributed by atoms with van der Waals surface area (Å²) < 4.78 is 1.63. The number of aldehydes is 1. The predicted octanol–water partition coefficient (Wildman–Crippen LogP) is 2.50. The molecular formula is C13H11N3OS. The fourth-order valence-electron chi connectivity index (χ4n) is 1.88. The highest BCUT2D eigenvalue weighted by Gasteiger charge is 2.13. The van der Waals surface area contributed by atoms with E-state index in [2.05, 4.69) is 22.2 Å². The first-order chi connectivity index (χ1) is 8.78. The summed E-state index contributed by atoms with van der Waals surface area (Å²) in [6.45, 7) is 1.82. The van der Waals surface area contributed by atoms with Gasteiger partial charge in [-0.25, -0.2) is 4.98 Å². The summed E-state index contributed by atoms with van der Waals surface area (Å²) in [6, 6.07) is 10.1. The molecule has 0 spiro atoms. The maximum absolute atomic E-state index is 11.0. The number of hydrogen-bond donors (Lipinski definition) is 0. The Labute approximate surface area is 108 Å². The van der Waals surface area contributed by atoms with Crippen LogP contribution in [-0.2, 0) is 6.42 Å². The van der Waals surface area contributed by atoms with Crippen LogP contribution in [0.25, 0.3) is 4.96 Å². The lowest BCUT2D eigenvalue weighted by Gasteiger charge is -1.95. The molecule has 0 radical (unpaired) electrons. The Morgan fingerprint density at radius 1 is 1.33 bits per heavy atom. The van der Waals surface area contributed by atoms with Crippen LogP contribution in [-0.4, -0.2) is 20.9 Å². The topological polar surface area (TPSA) is 47.3 Å². The molecule has 0 aliphatic heterocycles. The fraction of sp³-hybridized carbons (Fsp3) is 0.154. The lowest BCUT2D eigenvalue weighted by atomic mass is 10.2. The van der Waals surface area contributed by atoms with Gasteiger partial charge in [0.25, 0.3) is 0 Å². The smallest absolute Gasteiger partial charge is 0.213 e. The molecule has 18 heavy (non-hydrogen) atoms. The second-order valence-corrected chi connectivity index (χ2v) is 5.09. The molecule has 0 fully saturated rings. The van der Waals surface area contributed by atoms with Crippen LogP contribution in [0.15, 0.2) is 30.3 Å². The van der Waals surface area contributed by atoms with Crippen LogP contribution in [0.3, 0.4) is 0 Å². The number of carbonyl (C=O) groups is 1. The van der Waals surface area contributed by atoms with Crippen molar-refractivity contribution >= 4 is 22.6 Å². The summed E-state index contributed by atoms with van der Waals surface area (Å²) in [5.74, 6) is 0. The highest BCUT2D eigenvalue weighted by Crippen LogP contribution is 2.19. The molecule has 90 valence electrons. The lowest BCUT2D eigenvalue weighted by Crippen LogP contribution is -1.95. The molecule has 0 N–H and O–H groups in total. The minimum Gasteiger partial charge on any atom is -0.296 e. The quantitative estimate of drug-likeness (QED) is 0.677. The molecule has 2 aromatic heterocycles. The van der Waals surface area contributed by atoms with E-state index in [4.69, 9.17) is 0 Å². The van der Waals surface area contributed by atoms with Crippen molar-refractivity contribution in [1.29, 1.82) is 0 Å². The molecule has 0 unspecified atom stereocenters. The van der Waals surface area contributed by atoms with Crippen LogP contribution in [0, 0.1) is 6.92 Å². The molecule has 3 rings (SSSR count). The summed E-state index contributed by atoms with van der Waals surface area (Å²) in [7, 11) is 0. The first-order valence-corrected chi connectivity index (χ1v) is 6.43. The van der Waals surface area contributed by atoms with E-state index in [0.29, 0.717) is 5.69 Å². The molecule has 0 saturated carbocycles. The van der Waals surface area contributed by atoms with Gasteiger partial charge in [0.05, 0.1) is 5.69 Å². The second-order valence-electron chi connectivity index (χ2n) is 4.05. The van der Waals surface area contributed by atoms with Crippen LogP contribution in [0.5, 0.6) is 0 Å². The number of rotatable bonds is 3. The molecular weight excluding hydrogens is 246 g/mol. The molecule has 0 atom stereocenters. The summed E-state index contributed by atoms with van der Waals surface area (Å²) >= 11 is 1.52. The van der Waals surface area contributed by atoms with Crippen LogP contribution in [0.2, 0.25) is 0 Å². The third-order valence-corrected chi connectivity index (χ3v) is 3.68. The normalized spacial score (nSPS) is 10.9. The number of fused-ring (bicyclic) bond motifs is 1. The van der Waals surface area contributed by atoms with E-state index in [1.165, 1.54) is 16.9 Å². The molecule has 0 saturated heterocycles. The van der Waals surface area contributed by atoms with Gasteiger partial charge in [-0.05, 0) is 12.5 Å². The summed E-state index contributed by atoms with van der Waals surface area (Å²) in [4.78, 5) is 16.1. The summed E-state index contributed by atoms with van der Waals surface area (Å²) in [5.41, 5.74) is 2.48. The molecule has 0 amide bonds. The van der Waals surface area contributed by atoms with Gasteiger partial charge >= 0.3 is 0 Å². The minimum absolute atomic E-state index is 0.542. The molecule has 2 heterocycles. The third-order valence-electron chi connectivity index (χ3n) is 2.77. The van der Waals surface area contributed by atoms with Gasteiger partial charge in [-0.1, -0.05) is 41.7 Å². The molecule has 3 aromatic rings. The Kier molecular flexibility index (Phi) is 2.68. The Morgan fingerprint density at radius 3 is 2.83 bits per heavy atom. The summed E-state index contributed by atoms with van der Waals surface area (Å²) in [6.07, 6.45) is 1.58. The van der Waals surface area contributed by atoms with E-state index in [1.807, 2.05) is 25.1 Å². The van der Waals surface area contributed by atoms with Gasteiger partial charge in [-0.3, -0.25) is 4.79 Å². The molecule has 0 aliphatic carbocycles. The van der Waals surface area contributed by atoms with Gasteiger partial charge in [0, 0.05) is 6.42 Å². The van der Waals surface area contributed by atoms with Gasteiger partial charge in [0.1, 0.15) is 10.7 Å². The van der Waals surface area contributed by atoms with Crippen molar-refractivity contribution in [3.63, 3.8) is 0 Å². The van der Waals surface area contributed by atoms with Crippen molar-refractivity contribution in [2.45, 2.75) is 13.3 Å². The van der Waals surface area contributed by atoms with Gasteiger partial charge < -0.3 is 0 Å². The van der Waals surface area contributed by atoms with E-state index in [-0.39, 0.29) is 0 Å². The molecule has 1 aromatic carbocycles. The number of carbonyl (C=O) groups excluding carboxylic acids is 1. The first kappa shape index (κ1) is 11.1. The highest BCUT2D eigenvalue weighted by molar-refractivity contribution is 7.16. The largest absolute Gasteiger partial charge is 0.296 e. The zero-order valence-electron chi connectivity index (χ0n) is 9.83. The van der Waals surface area contributed by atoms with Gasteiger partial charge in [0.2, 0.25) is 4.96 Å². The minimum atomic E-state index is 0.542. The molecule has 0 bridgehead atoms. The van der Waals surface area contributed by atoms with Crippen molar-refractivity contribution in [1.82, 2.24) is 14.6 Å². The van der Waals surface area contributed by atoms with Gasteiger partial charge in [-0.15, -0.1) is 0 Å². The zero-order chi connectivity index (χ0) is 12.5. The average molecular weight is 257 g/mol. The number of nitrogens with zero attached hydrogens (tertiary/aromatic N) is 3. The lowest BCUT2D eigenvalue weighted by molar-refractivity contribution is 0.111. The average Bonchev–Trinajstić information content (AvgIpc) is 2.86. The van der Waals surface area contributed by atoms with E-state index in [1.54, 1.807) is 4.52 Å². The Morgan fingerprint density at radius 2 is 2.11 bits per heavy atom. The van der Waals surface area contributed by atoms with Crippen LogP contribution in [0.1, 0.15) is 26.8 Å². The first-order valence-electron chi connectivity index (χ1n) is 5.62. The van der Waals surface area contributed by atoms with Crippen molar-refractivity contribution in [3.8, 4) is 0 Å². The van der Waals surface area contributed by atoms with Gasteiger partial charge in [0.15, 0.2) is 6.29 Å². The van der Waals surface area contributed by atoms with E-state index in [0.717, 1.165) is 28.4 Å². The van der Waals surface area contributed by atoms with Crippen molar-refractivity contribution in [2.24, 2.45) is 0 Å².